The number of cyclic esters (lactones) is 1. The van der Waals surface area contributed by atoms with Crippen molar-refractivity contribution in [1.29, 1.82) is 5.26 Å². The molecule has 4 heteroatoms. The van der Waals surface area contributed by atoms with Crippen molar-refractivity contribution in [2.75, 3.05) is 11.5 Å². The Morgan fingerprint density at radius 3 is 2.75 bits per heavy atom. The highest BCUT2D eigenvalue weighted by atomic mass is 16.6. The van der Waals surface area contributed by atoms with Crippen LogP contribution in [0.1, 0.15) is 18.9 Å². The van der Waals surface area contributed by atoms with Crippen LogP contribution >= 0.6 is 0 Å². The Bertz CT molecular complexity index is 433. The summed E-state index contributed by atoms with van der Waals surface area (Å²) in [5, 5.41) is 8.69. The van der Waals surface area contributed by atoms with Gasteiger partial charge in [-0.3, -0.25) is 4.90 Å². The van der Waals surface area contributed by atoms with Crippen LogP contribution in [0, 0.1) is 11.3 Å². The fourth-order valence-corrected chi connectivity index (χ4v) is 1.77. The average Bonchev–Trinajstić information content (AvgIpc) is 2.70. The molecule has 1 amide bonds. The first-order chi connectivity index (χ1) is 7.76. The monoisotopic (exact) mass is 216 g/mol. The number of hydrogen-bond acceptors (Lipinski definition) is 3. The van der Waals surface area contributed by atoms with Gasteiger partial charge in [0.15, 0.2) is 0 Å². The summed E-state index contributed by atoms with van der Waals surface area (Å²) in [4.78, 5) is 13.2. The Kier molecular flexibility index (Phi) is 2.78. The summed E-state index contributed by atoms with van der Waals surface area (Å²) < 4.78 is 5.00. The Morgan fingerprint density at radius 2 is 2.19 bits per heavy atom. The summed E-state index contributed by atoms with van der Waals surface area (Å²) in [6, 6.07) is 9.09. The highest BCUT2D eigenvalue weighted by Gasteiger charge is 2.32. The van der Waals surface area contributed by atoms with Crippen LogP contribution in [0.15, 0.2) is 24.3 Å². The van der Waals surface area contributed by atoms with E-state index in [0.29, 0.717) is 12.2 Å². The van der Waals surface area contributed by atoms with Crippen LogP contribution in [-0.4, -0.2) is 18.7 Å². The molecule has 0 bridgehead atoms. The van der Waals surface area contributed by atoms with Crippen molar-refractivity contribution in [3.8, 4) is 6.07 Å². The number of carbonyl (C=O) groups is 1. The van der Waals surface area contributed by atoms with E-state index in [9.17, 15) is 4.79 Å². The van der Waals surface area contributed by atoms with Gasteiger partial charge in [0.2, 0.25) is 0 Å². The van der Waals surface area contributed by atoms with Crippen molar-refractivity contribution in [3.05, 3.63) is 29.8 Å². The van der Waals surface area contributed by atoms with Gasteiger partial charge in [-0.2, -0.15) is 5.26 Å². The molecule has 1 unspecified atom stereocenters. The van der Waals surface area contributed by atoms with Crippen LogP contribution in [0.4, 0.5) is 10.5 Å². The predicted molar refractivity (Wildman–Crippen MR) is 59.1 cm³/mol. The van der Waals surface area contributed by atoms with Crippen LogP contribution in [0.3, 0.4) is 0 Å². The van der Waals surface area contributed by atoms with E-state index >= 15 is 0 Å². The molecule has 0 spiro atoms. The lowest BCUT2D eigenvalue weighted by Crippen LogP contribution is -2.32. The molecule has 0 aliphatic carbocycles. The van der Waals surface area contributed by atoms with Crippen LogP contribution < -0.4 is 4.90 Å². The van der Waals surface area contributed by atoms with Gasteiger partial charge in [0, 0.05) is 5.69 Å². The SMILES string of the molecule is CCC1COC(=O)N1c1ccc(C#N)cc1. The fraction of sp³-hybridized carbons (Fsp3) is 0.333. The lowest BCUT2D eigenvalue weighted by molar-refractivity contribution is 0.178. The van der Waals surface area contributed by atoms with Gasteiger partial charge in [-0.15, -0.1) is 0 Å². The smallest absolute Gasteiger partial charge is 0.414 e. The maximum Gasteiger partial charge on any atom is 0.414 e. The van der Waals surface area contributed by atoms with E-state index in [1.807, 2.05) is 13.0 Å². The van der Waals surface area contributed by atoms with E-state index in [0.717, 1.165) is 12.1 Å². The van der Waals surface area contributed by atoms with Gasteiger partial charge in [0.05, 0.1) is 17.7 Å². The molecule has 1 aliphatic heterocycles. The molecule has 1 heterocycles. The van der Waals surface area contributed by atoms with Gasteiger partial charge in [-0.05, 0) is 30.7 Å². The van der Waals surface area contributed by atoms with Crippen molar-refractivity contribution in [3.63, 3.8) is 0 Å². The van der Waals surface area contributed by atoms with E-state index in [2.05, 4.69) is 0 Å². The number of nitriles is 1. The van der Waals surface area contributed by atoms with Crippen molar-refractivity contribution in [2.24, 2.45) is 0 Å². The highest BCUT2D eigenvalue weighted by molar-refractivity contribution is 5.90. The van der Waals surface area contributed by atoms with Crippen molar-refractivity contribution >= 4 is 11.8 Å². The summed E-state index contributed by atoms with van der Waals surface area (Å²) in [5.41, 5.74) is 1.37. The van der Waals surface area contributed by atoms with E-state index in [-0.39, 0.29) is 12.1 Å². The number of nitrogens with zero attached hydrogens (tertiary/aromatic N) is 2. The molecule has 82 valence electrons. The fourth-order valence-electron chi connectivity index (χ4n) is 1.77. The minimum atomic E-state index is -0.309. The second-order valence-corrected chi connectivity index (χ2v) is 3.67. The molecule has 0 saturated carbocycles. The predicted octanol–water partition coefficient (Wildman–Crippen LogP) is 2.29. The lowest BCUT2D eigenvalue weighted by Gasteiger charge is -2.19. The number of hydrogen-bond donors (Lipinski definition) is 0. The van der Waals surface area contributed by atoms with Crippen LogP contribution in [0.25, 0.3) is 0 Å². The number of carbonyl (C=O) groups excluding carboxylic acids is 1. The topological polar surface area (TPSA) is 53.3 Å². The minimum absolute atomic E-state index is 0.0976. The number of rotatable bonds is 2. The van der Waals surface area contributed by atoms with Gasteiger partial charge >= 0.3 is 6.09 Å². The van der Waals surface area contributed by atoms with Gasteiger partial charge in [-0.1, -0.05) is 6.92 Å². The molecule has 1 aliphatic rings. The molecular weight excluding hydrogens is 204 g/mol. The summed E-state index contributed by atoms with van der Waals surface area (Å²) >= 11 is 0. The molecule has 0 N–H and O–H groups in total. The first-order valence-corrected chi connectivity index (χ1v) is 5.22. The molecule has 1 aromatic rings. The zero-order valence-corrected chi connectivity index (χ0v) is 9.01. The van der Waals surface area contributed by atoms with Crippen LogP contribution in [0.5, 0.6) is 0 Å². The third-order valence-electron chi connectivity index (χ3n) is 2.71. The van der Waals surface area contributed by atoms with Gasteiger partial charge in [0.1, 0.15) is 6.61 Å². The molecule has 1 aromatic carbocycles. The normalized spacial score (nSPS) is 19.4. The molecule has 0 aromatic heterocycles. The van der Waals surface area contributed by atoms with Gasteiger partial charge in [0.25, 0.3) is 0 Å². The first kappa shape index (κ1) is 10.5. The third kappa shape index (κ3) is 1.72. The summed E-state index contributed by atoms with van der Waals surface area (Å²) in [6.07, 6.45) is 0.544. The van der Waals surface area contributed by atoms with E-state index in [1.54, 1.807) is 29.2 Å². The highest BCUT2D eigenvalue weighted by Crippen LogP contribution is 2.24. The number of ether oxygens (including phenoxy) is 1. The van der Waals surface area contributed by atoms with Crippen molar-refractivity contribution in [2.45, 2.75) is 19.4 Å². The summed E-state index contributed by atoms with van der Waals surface area (Å²) in [6.45, 7) is 2.46. The number of amides is 1. The van der Waals surface area contributed by atoms with E-state index in [1.165, 1.54) is 0 Å². The van der Waals surface area contributed by atoms with Gasteiger partial charge in [-0.25, -0.2) is 4.79 Å². The zero-order chi connectivity index (χ0) is 11.5. The average molecular weight is 216 g/mol. The first-order valence-electron chi connectivity index (χ1n) is 5.22. The van der Waals surface area contributed by atoms with E-state index < -0.39 is 0 Å². The van der Waals surface area contributed by atoms with Crippen molar-refractivity contribution < 1.29 is 9.53 Å². The summed E-state index contributed by atoms with van der Waals surface area (Å²) in [5.74, 6) is 0. The largest absolute Gasteiger partial charge is 0.447 e. The summed E-state index contributed by atoms with van der Waals surface area (Å²) in [7, 11) is 0. The molecule has 1 saturated heterocycles. The Morgan fingerprint density at radius 1 is 1.50 bits per heavy atom. The number of anilines is 1. The molecular formula is C12H12N2O2. The molecule has 1 atom stereocenters. The Labute approximate surface area is 94.0 Å². The molecule has 16 heavy (non-hydrogen) atoms. The molecule has 0 radical (unpaired) electrons. The quantitative estimate of drug-likeness (QED) is 0.762. The molecule has 1 fully saturated rings. The van der Waals surface area contributed by atoms with Crippen LogP contribution in [0.2, 0.25) is 0 Å². The van der Waals surface area contributed by atoms with Crippen LogP contribution in [-0.2, 0) is 4.74 Å². The Hall–Kier alpha value is -2.02. The third-order valence-corrected chi connectivity index (χ3v) is 2.71. The van der Waals surface area contributed by atoms with Crippen molar-refractivity contribution in [1.82, 2.24) is 0 Å². The lowest BCUT2D eigenvalue weighted by atomic mass is 10.1. The second kappa shape index (κ2) is 4.23. The maximum atomic E-state index is 11.5. The minimum Gasteiger partial charge on any atom is -0.447 e. The molecule has 2 rings (SSSR count). The number of benzene rings is 1. The maximum absolute atomic E-state index is 11.5. The standard InChI is InChI=1S/C12H12N2O2/c1-2-10-8-16-12(15)14(10)11-5-3-9(7-13)4-6-11/h3-6,10H,2,8H2,1H3. The molecule has 4 nitrogen and oxygen atoms in total. The second-order valence-electron chi connectivity index (χ2n) is 3.67. The van der Waals surface area contributed by atoms with Gasteiger partial charge < -0.3 is 4.74 Å². The van der Waals surface area contributed by atoms with E-state index in [4.69, 9.17) is 10.00 Å². The zero-order valence-electron chi connectivity index (χ0n) is 9.01. The Balaban J connectivity index is 2.28.